The fraction of sp³-hybridized carbons (Fsp3) is 0.0714. The van der Waals surface area contributed by atoms with Gasteiger partial charge in [0.15, 0.2) is 0 Å². The zero-order valence-electron chi connectivity index (χ0n) is 10.2. The van der Waals surface area contributed by atoms with E-state index in [1.54, 1.807) is 42.7 Å². The highest BCUT2D eigenvalue weighted by atomic mass is 16.3. The molecule has 0 aliphatic carbocycles. The fourth-order valence-corrected chi connectivity index (χ4v) is 1.47. The number of phenolic OH excluding ortho intramolecular Hbond substituents is 1. The van der Waals surface area contributed by atoms with Gasteiger partial charge in [0.1, 0.15) is 5.75 Å². The molecule has 0 aliphatic rings. The molecule has 0 saturated carbocycles. The second-order valence-corrected chi connectivity index (χ2v) is 3.92. The van der Waals surface area contributed by atoms with Crippen molar-refractivity contribution in [1.29, 1.82) is 0 Å². The molecule has 2 N–H and O–H groups in total. The average Bonchev–Trinajstić information content (AvgIpc) is 2.43. The lowest BCUT2D eigenvalue weighted by Crippen LogP contribution is -2.19. The number of phenols is 1. The zero-order valence-corrected chi connectivity index (χ0v) is 10.2. The number of pyridine rings is 1. The van der Waals surface area contributed by atoms with Gasteiger partial charge in [0.2, 0.25) is 5.91 Å². The minimum absolute atomic E-state index is 0.179. The molecular weight excluding hydrogens is 242 g/mol. The van der Waals surface area contributed by atoms with Crippen molar-refractivity contribution in [2.24, 2.45) is 5.10 Å². The van der Waals surface area contributed by atoms with E-state index in [4.69, 9.17) is 5.11 Å². The van der Waals surface area contributed by atoms with Crippen LogP contribution >= 0.6 is 0 Å². The summed E-state index contributed by atoms with van der Waals surface area (Å²) in [6.07, 6.45) is 5.06. The Kier molecular flexibility index (Phi) is 4.23. The molecule has 19 heavy (non-hydrogen) atoms. The molecule has 0 atom stereocenters. The largest absolute Gasteiger partial charge is 0.508 e. The summed E-state index contributed by atoms with van der Waals surface area (Å²) in [5, 5.41) is 13.0. The third-order valence-electron chi connectivity index (χ3n) is 2.39. The number of hydrogen-bond donors (Lipinski definition) is 2. The predicted molar refractivity (Wildman–Crippen MR) is 71.8 cm³/mol. The molecular formula is C14H13N3O2. The second-order valence-electron chi connectivity index (χ2n) is 3.92. The van der Waals surface area contributed by atoms with E-state index in [1.165, 1.54) is 6.21 Å². The lowest BCUT2D eigenvalue weighted by molar-refractivity contribution is -0.120. The first-order valence-electron chi connectivity index (χ1n) is 5.74. The van der Waals surface area contributed by atoms with Crippen LogP contribution in [0.2, 0.25) is 0 Å². The summed E-state index contributed by atoms with van der Waals surface area (Å²) in [5.41, 5.74) is 4.06. The van der Waals surface area contributed by atoms with Crippen LogP contribution in [0.3, 0.4) is 0 Å². The van der Waals surface area contributed by atoms with Crippen LogP contribution in [-0.2, 0) is 11.2 Å². The van der Waals surface area contributed by atoms with Crippen LogP contribution in [0.4, 0.5) is 0 Å². The fourth-order valence-electron chi connectivity index (χ4n) is 1.47. The van der Waals surface area contributed by atoms with Crippen LogP contribution in [0, 0.1) is 0 Å². The van der Waals surface area contributed by atoms with Crippen molar-refractivity contribution in [1.82, 2.24) is 10.4 Å². The van der Waals surface area contributed by atoms with E-state index >= 15 is 0 Å². The number of amides is 1. The molecule has 0 fully saturated rings. The number of hydrazone groups is 1. The summed E-state index contributed by atoms with van der Waals surface area (Å²) in [6.45, 7) is 0. The number of aromatic hydroxyl groups is 1. The van der Waals surface area contributed by atoms with Gasteiger partial charge in [0.25, 0.3) is 0 Å². The quantitative estimate of drug-likeness (QED) is 0.642. The third kappa shape index (κ3) is 4.23. The second kappa shape index (κ2) is 6.30. The van der Waals surface area contributed by atoms with E-state index in [1.807, 2.05) is 6.07 Å². The minimum Gasteiger partial charge on any atom is -0.508 e. The molecule has 2 rings (SSSR count). The van der Waals surface area contributed by atoms with Crippen LogP contribution in [0.15, 0.2) is 53.9 Å². The van der Waals surface area contributed by atoms with Crippen molar-refractivity contribution in [3.63, 3.8) is 0 Å². The van der Waals surface area contributed by atoms with Gasteiger partial charge in [-0.1, -0.05) is 18.2 Å². The molecule has 1 aromatic carbocycles. The van der Waals surface area contributed by atoms with E-state index in [2.05, 4.69) is 15.5 Å². The number of carbonyl (C=O) groups excluding carboxylic acids is 1. The molecule has 0 bridgehead atoms. The maximum Gasteiger partial charge on any atom is 0.244 e. The van der Waals surface area contributed by atoms with Crippen LogP contribution in [-0.4, -0.2) is 22.2 Å². The molecule has 2 aromatic rings. The highest BCUT2D eigenvalue weighted by Gasteiger charge is 2.01. The summed E-state index contributed by atoms with van der Waals surface area (Å²) in [4.78, 5) is 15.5. The van der Waals surface area contributed by atoms with Gasteiger partial charge in [-0.15, -0.1) is 0 Å². The van der Waals surface area contributed by atoms with Gasteiger partial charge < -0.3 is 5.11 Å². The Labute approximate surface area is 110 Å². The van der Waals surface area contributed by atoms with Crippen molar-refractivity contribution in [2.75, 3.05) is 0 Å². The average molecular weight is 255 g/mol. The molecule has 1 aromatic heterocycles. The molecule has 0 saturated heterocycles. The lowest BCUT2D eigenvalue weighted by atomic mass is 10.1. The van der Waals surface area contributed by atoms with Gasteiger partial charge in [-0.3, -0.25) is 9.78 Å². The van der Waals surface area contributed by atoms with Gasteiger partial charge in [-0.2, -0.15) is 5.10 Å². The summed E-state index contributed by atoms with van der Waals surface area (Å²) in [6, 6.07) is 10.1. The van der Waals surface area contributed by atoms with Crippen LogP contribution in [0.25, 0.3) is 0 Å². The Morgan fingerprint density at radius 2 is 2.11 bits per heavy atom. The maximum atomic E-state index is 11.6. The number of nitrogens with one attached hydrogen (secondary N) is 1. The smallest absolute Gasteiger partial charge is 0.244 e. The van der Waals surface area contributed by atoms with E-state index in [-0.39, 0.29) is 18.1 Å². The first-order chi connectivity index (χ1) is 9.24. The van der Waals surface area contributed by atoms with E-state index in [0.717, 1.165) is 11.1 Å². The van der Waals surface area contributed by atoms with Crippen LogP contribution in [0.5, 0.6) is 5.75 Å². The Morgan fingerprint density at radius 3 is 2.79 bits per heavy atom. The summed E-state index contributed by atoms with van der Waals surface area (Å²) in [5.74, 6) is -0.0374. The molecule has 5 heteroatoms. The first-order valence-corrected chi connectivity index (χ1v) is 5.74. The molecule has 0 aliphatic heterocycles. The van der Waals surface area contributed by atoms with Gasteiger partial charge in [0.05, 0.1) is 12.6 Å². The van der Waals surface area contributed by atoms with Crippen molar-refractivity contribution >= 4 is 12.1 Å². The zero-order chi connectivity index (χ0) is 13.5. The Hall–Kier alpha value is -2.69. The first kappa shape index (κ1) is 12.8. The van der Waals surface area contributed by atoms with Gasteiger partial charge in [0, 0.05) is 18.0 Å². The molecule has 1 heterocycles. The molecule has 5 nitrogen and oxygen atoms in total. The standard InChI is InChI=1S/C14H13N3O2/c18-13-5-3-11(4-6-13)8-14(19)17-16-10-12-2-1-7-15-9-12/h1-7,9-10,18H,8H2,(H,17,19)/b16-10-. The number of carbonyl (C=O) groups is 1. The van der Waals surface area contributed by atoms with Crippen LogP contribution < -0.4 is 5.43 Å². The van der Waals surface area contributed by atoms with E-state index in [0.29, 0.717) is 0 Å². The van der Waals surface area contributed by atoms with Crippen molar-refractivity contribution in [3.05, 3.63) is 59.9 Å². The van der Waals surface area contributed by atoms with E-state index in [9.17, 15) is 4.79 Å². The molecule has 0 spiro atoms. The minimum atomic E-state index is -0.217. The summed E-state index contributed by atoms with van der Waals surface area (Å²) in [7, 11) is 0. The molecule has 0 unspecified atom stereocenters. The Bertz CT molecular complexity index is 565. The lowest BCUT2D eigenvalue weighted by Gasteiger charge is -2.00. The molecule has 0 radical (unpaired) electrons. The number of nitrogens with zero attached hydrogens (tertiary/aromatic N) is 2. The number of aromatic nitrogens is 1. The topological polar surface area (TPSA) is 74.6 Å². The maximum absolute atomic E-state index is 11.6. The number of hydrogen-bond acceptors (Lipinski definition) is 4. The normalized spacial score (nSPS) is 10.5. The van der Waals surface area contributed by atoms with Gasteiger partial charge in [-0.05, 0) is 23.8 Å². The predicted octanol–water partition coefficient (Wildman–Crippen LogP) is 1.48. The van der Waals surface area contributed by atoms with Crippen molar-refractivity contribution in [3.8, 4) is 5.75 Å². The summed E-state index contributed by atoms with van der Waals surface area (Å²) < 4.78 is 0. The van der Waals surface area contributed by atoms with Gasteiger partial charge in [-0.25, -0.2) is 5.43 Å². The molecule has 1 amide bonds. The SMILES string of the molecule is O=C(Cc1ccc(O)cc1)N/N=C\c1cccnc1. The highest BCUT2D eigenvalue weighted by molar-refractivity contribution is 5.82. The molecule has 96 valence electrons. The summed E-state index contributed by atoms with van der Waals surface area (Å²) >= 11 is 0. The van der Waals surface area contributed by atoms with E-state index < -0.39 is 0 Å². The Balaban J connectivity index is 1.85. The number of benzene rings is 1. The Morgan fingerprint density at radius 1 is 1.32 bits per heavy atom. The van der Waals surface area contributed by atoms with Crippen molar-refractivity contribution < 1.29 is 9.90 Å². The van der Waals surface area contributed by atoms with Crippen LogP contribution in [0.1, 0.15) is 11.1 Å². The highest BCUT2D eigenvalue weighted by Crippen LogP contribution is 2.09. The monoisotopic (exact) mass is 255 g/mol. The van der Waals surface area contributed by atoms with Gasteiger partial charge >= 0.3 is 0 Å². The number of rotatable bonds is 4. The third-order valence-corrected chi connectivity index (χ3v) is 2.39. The van der Waals surface area contributed by atoms with Crippen molar-refractivity contribution in [2.45, 2.75) is 6.42 Å².